The number of rotatable bonds is 8. The number of esters is 1. The molecule has 2 aromatic rings. The van der Waals surface area contributed by atoms with E-state index in [0.29, 0.717) is 22.8 Å². The number of hydrogen-bond donors (Lipinski definition) is 1. The lowest BCUT2D eigenvalue weighted by Gasteiger charge is -2.11. The summed E-state index contributed by atoms with van der Waals surface area (Å²) in [7, 11) is 3.08. The quantitative estimate of drug-likeness (QED) is 0.576. The summed E-state index contributed by atoms with van der Waals surface area (Å²) >= 11 is 0. The van der Waals surface area contributed by atoms with Crippen LogP contribution in [0.4, 0.5) is 0 Å². The van der Waals surface area contributed by atoms with Crippen molar-refractivity contribution in [3.63, 3.8) is 0 Å². The zero-order valence-corrected chi connectivity index (χ0v) is 14.9. The fourth-order valence-corrected chi connectivity index (χ4v) is 2.13. The SMILES string of the molecule is COc1ccc(OC)c(/C=C/C(=O)O[C@H](C)C(=O)NCc2ccco2)c1. The Morgan fingerprint density at radius 2 is 2.04 bits per heavy atom. The predicted octanol–water partition coefficient (Wildman–Crippen LogP) is 2.56. The molecule has 7 nitrogen and oxygen atoms in total. The number of methoxy groups -OCH3 is 2. The molecular formula is C19H21NO6. The van der Waals surface area contributed by atoms with Crippen molar-refractivity contribution < 1.29 is 28.2 Å². The topological polar surface area (TPSA) is 87.0 Å². The summed E-state index contributed by atoms with van der Waals surface area (Å²) in [5, 5.41) is 2.63. The highest BCUT2D eigenvalue weighted by Crippen LogP contribution is 2.25. The number of amides is 1. The molecular weight excluding hydrogens is 338 g/mol. The van der Waals surface area contributed by atoms with Crippen molar-refractivity contribution in [1.82, 2.24) is 5.32 Å². The summed E-state index contributed by atoms with van der Waals surface area (Å²) in [5.74, 6) is 0.767. The van der Waals surface area contributed by atoms with Gasteiger partial charge in [-0.15, -0.1) is 0 Å². The van der Waals surface area contributed by atoms with E-state index in [-0.39, 0.29) is 6.54 Å². The monoisotopic (exact) mass is 359 g/mol. The van der Waals surface area contributed by atoms with E-state index in [9.17, 15) is 9.59 Å². The number of carbonyl (C=O) groups excluding carboxylic acids is 2. The summed E-state index contributed by atoms with van der Waals surface area (Å²) in [6.45, 7) is 1.72. The Morgan fingerprint density at radius 1 is 1.23 bits per heavy atom. The predicted molar refractivity (Wildman–Crippen MR) is 94.7 cm³/mol. The van der Waals surface area contributed by atoms with Crippen LogP contribution in [-0.2, 0) is 20.9 Å². The molecule has 0 aliphatic heterocycles. The fourth-order valence-electron chi connectivity index (χ4n) is 2.13. The molecule has 1 amide bonds. The van der Waals surface area contributed by atoms with Gasteiger partial charge in [0.2, 0.25) is 0 Å². The number of hydrogen-bond acceptors (Lipinski definition) is 6. The standard InChI is InChI=1S/C19H21NO6/c1-13(19(22)20-12-16-5-4-10-25-16)26-18(21)9-6-14-11-15(23-2)7-8-17(14)24-3/h4-11,13H,12H2,1-3H3,(H,20,22)/b9-6+/t13-/m1/s1. The Hall–Kier alpha value is -3.22. The molecule has 7 heteroatoms. The first-order valence-corrected chi connectivity index (χ1v) is 7.94. The maximum Gasteiger partial charge on any atom is 0.331 e. The van der Waals surface area contributed by atoms with Crippen molar-refractivity contribution >= 4 is 18.0 Å². The molecule has 0 bridgehead atoms. The van der Waals surface area contributed by atoms with Crippen LogP contribution in [0, 0.1) is 0 Å². The van der Waals surface area contributed by atoms with Crippen LogP contribution in [0.1, 0.15) is 18.2 Å². The van der Waals surface area contributed by atoms with Gasteiger partial charge in [-0.1, -0.05) is 0 Å². The minimum absolute atomic E-state index is 0.227. The third kappa shape index (κ3) is 5.41. The van der Waals surface area contributed by atoms with E-state index in [2.05, 4.69) is 5.32 Å². The molecule has 1 aromatic carbocycles. The molecule has 0 saturated heterocycles. The Kier molecular flexibility index (Phi) is 6.84. The lowest BCUT2D eigenvalue weighted by molar-refractivity contribution is -0.150. The first-order valence-electron chi connectivity index (χ1n) is 7.94. The van der Waals surface area contributed by atoms with E-state index in [1.54, 1.807) is 37.4 Å². The molecule has 1 aromatic heterocycles. The van der Waals surface area contributed by atoms with Crippen LogP contribution in [0.3, 0.4) is 0 Å². The van der Waals surface area contributed by atoms with Crippen molar-refractivity contribution in [2.24, 2.45) is 0 Å². The molecule has 1 atom stereocenters. The van der Waals surface area contributed by atoms with Crippen LogP contribution < -0.4 is 14.8 Å². The fraction of sp³-hybridized carbons (Fsp3) is 0.263. The molecule has 26 heavy (non-hydrogen) atoms. The first kappa shape index (κ1) is 19.1. The zero-order chi connectivity index (χ0) is 18.9. The van der Waals surface area contributed by atoms with Crippen molar-refractivity contribution in [1.29, 1.82) is 0 Å². The van der Waals surface area contributed by atoms with Gasteiger partial charge in [-0.05, 0) is 43.3 Å². The second kappa shape index (κ2) is 9.31. The van der Waals surface area contributed by atoms with E-state index in [4.69, 9.17) is 18.6 Å². The number of ether oxygens (including phenoxy) is 3. The lowest BCUT2D eigenvalue weighted by Crippen LogP contribution is -2.35. The van der Waals surface area contributed by atoms with Crippen LogP contribution in [0.5, 0.6) is 11.5 Å². The zero-order valence-electron chi connectivity index (χ0n) is 14.9. The van der Waals surface area contributed by atoms with Gasteiger partial charge in [0.1, 0.15) is 17.3 Å². The van der Waals surface area contributed by atoms with E-state index in [1.807, 2.05) is 0 Å². The second-order valence-corrected chi connectivity index (χ2v) is 5.32. The molecule has 0 aliphatic carbocycles. The summed E-state index contributed by atoms with van der Waals surface area (Å²) < 4.78 is 20.6. The third-order valence-electron chi connectivity index (χ3n) is 3.51. The van der Waals surface area contributed by atoms with Crippen LogP contribution in [0.2, 0.25) is 0 Å². The normalized spacial score (nSPS) is 11.8. The van der Waals surface area contributed by atoms with Crippen LogP contribution in [0.15, 0.2) is 47.1 Å². The van der Waals surface area contributed by atoms with Gasteiger partial charge in [0.05, 0.1) is 27.0 Å². The molecule has 0 aliphatic rings. The number of benzene rings is 1. The van der Waals surface area contributed by atoms with Crippen LogP contribution in [0.25, 0.3) is 6.08 Å². The van der Waals surface area contributed by atoms with Crippen LogP contribution in [-0.4, -0.2) is 32.2 Å². The maximum atomic E-state index is 11.9. The average molecular weight is 359 g/mol. The van der Waals surface area contributed by atoms with Crippen molar-refractivity contribution in [2.45, 2.75) is 19.6 Å². The minimum Gasteiger partial charge on any atom is -0.497 e. The van der Waals surface area contributed by atoms with Crippen LogP contribution >= 0.6 is 0 Å². The average Bonchev–Trinajstić information content (AvgIpc) is 3.17. The van der Waals surface area contributed by atoms with Gasteiger partial charge in [0, 0.05) is 11.6 Å². The molecule has 0 fully saturated rings. The summed E-state index contributed by atoms with van der Waals surface area (Å²) in [5.41, 5.74) is 0.652. The van der Waals surface area contributed by atoms with Gasteiger partial charge < -0.3 is 23.9 Å². The Morgan fingerprint density at radius 3 is 2.69 bits per heavy atom. The first-order chi connectivity index (χ1) is 12.5. The van der Waals surface area contributed by atoms with Gasteiger partial charge in [0.15, 0.2) is 6.10 Å². The van der Waals surface area contributed by atoms with Gasteiger partial charge in [-0.3, -0.25) is 4.79 Å². The highest BCUT2D eigenvalue weighted by molar-refractivity contribution is 5.90. The largest absolute Gasteiger partial charge is 0.497 e. The lowest BCUT2D eigenvalue weighted by atomic mass is 10.1. The minimum atomic E-state index is -0.936. The molecule has 0 spiro atoms. The third-order valence-corrected chi connectivity index (χ3v) is 3.51. The smallest absolute Gasteiger partial charge is 0.331 e. The molecule has 2 rings (SSSR count). The van der Waals surface area contributed by atoms with E-state index in [0.717, 1.165) is 0 Å². The van der Waals surface area contributed by atoms with Gasteiger partial charge in [0.25, 0.3) is 5.91 Å². The van der Waals surface area contributed by atoms with E-state index < -0.39 is 18.0 Å². The molecule has 1 N–H and O–H groups in total. The highest BCUT2D eigenvalue weighted by Gasteiger charge is 2.16. The summed E-state index contributed by atoms with van der Waals surface area (Å²) in [6, 6.07) is 8.67. The molecule has 0 saturated carbocycles. The molecule has 0 unspecified atom stereocenters. The summed E-state index contributed by atoms with van der Waals surface area (Å²) in [6.07, 6.45) is 3.35. The van der Waals surface area contributed by atoms with Crippen molar-refractivity contribution in [3.8, 4) is 11.5 Å². The number of carbonyl (C=O) groups is 2. The molecule has 0 radical (unpaired) electrons. The molecule has 138 valence electrons. The maximum absolute atomic E-state index is 11.9. The van der Waals surface area contributed by atoms with Crippen molar-refractivity contribution in [2.75, 3.05) is 14.2 Å². The Bertz CT molecular complexity index is 766. The molecule has 1 heterocycles. The van der Waals surface area contributed by atoms with E-state index in [1.165, 1.54) is 32.4 Å². The van der Waals surface area contributed by atoms with Gasteiger partial charge >= 0.3 is 5.97 Å². The van der Waals surface area contributed by atoms with E-state index >= 15 is 0 Å². The van der Waals surface area contributed by atoms with Gasteiger partial charge in [-0.2, -0.15) is 0 Å². The Labute approximate surface area is 151 Å². The number of furan rings is 1. The van der Waals surface area contributed by atoms with Crippen molar-refractivity contribution in [3.05, 3.63) is 54.0 Å². The highest BCUT2D eigenvalue weighted by atomic mass is 16.5. The summed E-state index contributed by atoms with van der Waals surface area (Å²) in [4.78, 5) is 23.9. The van der Waals surface area contributed by atoms with Gasteiger partial charge in [-0.25, -0.2) is 4.79 Å². The second-order valence-electron chi connectivity index (χ2n) is 5.32. The number of nitrogens with one attached hydrogen (secondary N) is 1. The Balaban J connectivity index is 1.90.